The van der Waals surface area contributed by atoms with Crippen LogP contribution in [0.3, 0.4) is 0 Å². The van der Waals surface area contributed by atoms with Gasteiger partial charge in [-0.25, -0.2) is 93.5 Å². The number of H-pyrrole nitrogens is 1. The number of thiophene rings is 2. The minimum atomic E-state index is 0. The Morgan fingerprint density at radius 2 is 1.07 bits per heavy atom. The fourth-order valence-corrected chi connectivity index (χ4v) is 5.75. The number of nitrogens with one attached hydrogen (secondary N) is 1. The van der Waals surface area contributed by atoms with Crippen molar-refractivity contribution in [1.29, 1.82) is 0 Å². The van der Waals surface area contributed by atoms with E-state index >= 15 is 0 Å². The van der Waals surface area contributed by atoms with E-state index in [0.717, 1.165) is 34.4 Å². The number of aromatic amines is 1. The van der Waals surface area contributed by atoms with Gasteiger partial charge in [-0.3, -0.25) is 0 Å². The molecule has 5 aromatic rings. The van der Waals surface area contributed by atoms with E-state index in [9.17, 15) is 0 Å². The second kappa shape index (κ2) is 18.7. The Morgan fingerprint density at radius 1 is 0.575 bits per heavy atom. The Hall–Kier alpha value is 1.02. The van der Waals surface area contributed by atoms with Gasteiger partial charge in [0.05, 0.1) is 0 Å². The van der Waals surface area contributed by atoms with Crippen molar-refractivity contribution in [3.8, 4) is 32.1 Å². The Bertz CT molecular complexity index is 1480. The zero-order chi connectivity index (χ0) is 25.1. The predicted octanol–water partition coefficient (Wildman–Crippen LogP) is 9.67. The summed E-state index contributed by atoms with van der Waals surface area (Å²) in [7, 11) is 0. The third kappa shape index (κ3) is 10.6. The SMILES string of the molecule is CC1=CC=C(c2[c-]cc(-c3ccc(C)[nH]3)[c-]c2)C1.Cc1ccc(-c2[c-]cc(-c3ccc(C)s3)[c-]c2)s1.[Y].[Y].[Y].[Y]. The first-order valence-corrected chi connectivity index (χ1v) is 13.6. The van der Waals surface area contributed by atoms with Crippen LogP contribution in [0.2, 0.25) is 0 Å². The standard InChI is InChI=1S/C17H15N.C16H12S2.4Y/c1-12-3-5-16(11-12)14-6-8-15(9-7-14)17-10-4-13(2)18-17;1-11-3-9-15(17-11)13-5-7-14(8-6-13)16-10-4-12(2)18-16;;;;/h3-6,9-10,18H,11H2,1-2H3;3-5,8-10H,1-2H3;;;;/q2*-2;;;;. The maximum atomic E-state index is 3.36. The average molecular weight is 857 g/mol. The van der Waals surface area contributed by atoms with Crippen molar-refractivity contribution < 1.29 is 131 Å². The molecule has 40 heavy (non-hydrogen) atoms. The third-order valence-electron chi connectivity index (χ3n) is 6.01. The van der Waals surface area contributed by atoms with E-state index < -0.39 is 0 Å². The van der Waals surface area contributed by atoms with E-state index in [0.29, 0.717) is 0 Å². The summed E-state index contributed by atoms with van der Waals surface area (Å²) in [5.74, 6) is 0. The average Bonchev–Trinajstić information content (AvgIpc) is 3.69. The Kier molecular flexibility index (Phi) is 18.3. The van der Waals surface area contributed by atoms with Crippen LogP contribution in [-0.4, -0.2) is 4.98 Å². The Morgan fingerprint density at radius 3 is 1.45 bits per heavy atom. The van der Waals surface area contributed by atoms with Gasteiger partial charge in [0, 0.05) is 137 Å². The summed E-state index contributed by atoms with van der Waals surface area (Å²) in [6, 6.07) is 34.3. The molecule has 0 unspecified atom stereocenters. The van der Waals surface area contributed by atoms with Crippen molar-refractivity contribution in [2.75, 3.05) is 0 Å². The molecule has 0 bridgehead atoms. The van der Waals surface area contributed by atoms with Crippen LogP contribution < -0.4 is 0 Å². The fraction of sp³-hybridized carbons (Fsp3) is 0.152. The van der Waals surface area contributed by atoms with Gasteiger partial charge in [-0.05, 0) is 43.9 Å². The Labute approximate surface area is 348 Å². The number of aromatic nitrogens is 1. The van der Waals surface area contributed by atoms with Crippen molar-refractivity contribution >= 4 is 28.2 Å². The number of allylic oxidation sites excluding steroid dienone is 4. The van der Waals surface area contributed by atoms with Gasteiger partial charge in [0.2, 0.25) is 0 Å². The van der Waals surface area contributed by atoms with Gasteiger partial charge in [0.1, 0.15) is 0 Å². The molecule has 4 radical (unpaired) electrons. The first-order chi connectivity index (χ1) is 17.4. The quantitative estimate of drug-likeness (QED) is 0.174. The molecule has 0 fully saturated rings. The summed E-state index contributed by atoms with van der Waals surface area (Å²) in [4.78, 5) is 8.50. The minimum absolute atomic E-state index is 0. The van der Waals surface area contributed by atoms with Gasteiger partial charge >= 0.3 is 0 Å². The van der Waals surface area contributed by atoms with Crippen LogP contribution in [0.4, 0.5) is 0 Å². The molecular weight excluding hydrogens is 830 g/mol. The molecule has 0 aliphatic heterocycles. The molecule has 0 atom stereocenters. The van der Waals surface area contributed by atoms with Crippen molar-refractivity contribution in [3.05, 3.63) is 124 Å². The summed E-state index contributed by atoms with van der Waals surface area (Å²) in [6.07, 6.45) is 5.38. The van der Waals surface area contributed by atoms with E-state index in [2.05, 4.69) is 105 Å². The summed E-state index contributed by atoms with van der Waals surface area (Å²) < 4.78 is 0. The topological polar surface area (TPSA) is 15.8 Å². The van der Waals surface area contributed by atoms with E-state index in [4.69, 9.17) is 0 Å². The number of hydrogen-bond acceptors (Lipinski definition) is 2. The van der Waals surface area contributed by atoms with E-state index in [1.165, 1.54) is 36.3 Å². The molecule has 0 saturated carbocycles. The number of rotatable bonds is 4. The number of aryl methyl sites for hydroxylation is 3. The summed E-state index contributed by atoms with van der Waals surface area (Å²) in [5.41, 5.74) is 9.48. The summed E-state index contributed by atoms with van der Waals surface area (Å²) >= 11 is 3.60. The minimum Gasteiger partial charge on any atom is -0.407 e. The Balaban J connectivity index is 0.000000364. The van der Waals surface area contributed by atoms with Crippen LogP contribution >= 0.6 is 22.7 Å². The smallest absolute Gasteiger partial charge is 0.00224 e. The molecule has 1 nitrogen and oxygen atoms in total. The molecular formula is C33H27NS2Y4-4. The first-order valence-electron chi connectivity index (χ1n) is 12.0. The molecule has 0 spiro atoms. The molecule has 1 N–H and O–H groups in total. The maximum Gasteiger partial charge on any atom is 0.00224 e. The molecule has 7 heteroatoms. The van der Waals surface area contributed by atoms with Crippen LogP contribution in [0.5, 0.6) is 0 Å². The predicted molar refractivity (Wildman–Crippen MR) is 155 cm³/mol. The van der Waals surface area contributed by atoms with Gasteiger partial charge in [0.15, 0.2) is 0 Å². The van der Waals surface area contributed by atoms with Crippen LogP contribution in [0.15, 0.2) is 78.4 Å². The molecule has 192 valence electrons. The van der Waals surface area contributed by atoms with Crippen molar-refractivity contribution in [2.45, 2.75) is 34.1 Å². The van der Waals surface area contributed by atoms with Crippen molar-refractivity contribution in [1.82, 2.24) is 4.98 Å². The molecule has 2 aromatic carbocycles. The largest absolute Gasteiger partial charge is 0.407 e. The van der Waals surface area contributed by atoms with Gasteiger partial charge < -0.3 is 4.98 Å². The zero-order valence-electron chi connectivity index (χ0n) is 23.3. The second-order valence-corrected chi connectivity index (χ2v) is 11.6. The fourth-order valence-electron chi connectivity index (χ4n) is 4.06. The second-order valence-electron chi connectivity index (χ2n) is 9.07. The number of benzene rings is 2. The monoisotopic (exact) mass is 857 g/mol. The molecule has 0 saturated heterocycles. The van der Waals surface area contributed by atoms with Gasteiger partial charge in [-0.15, -0.1) is 6.08 Å². The summed E-state index contributed by atoms with van der Waals surface area (Å²) in [6.45, 7) is 8.46. The summed E-state index contributed by atoms with van der Waals surface area (Å²) in [5, 5.41) is 0. The van der Waals surface area contributed by atoms with Crippen molar-refractivity contribution in [3.63, 3.8) is 0 Å². The molecule has 3 aromatic heterocycles. The zero-order valence-corrected chi connectivity index (χ0v) is 36.2. The third-order valence-corrected chi connectivity index (χ3v) is 8.07. The molecule has 3 heterocycles. The van der Waals surface area contributed by atoms with E-state index in [1.807, 2.05) is 24.3 Å². The molecule has 1 aliphatic rings. The molecule has 6 rings (SSSR count). The first kappa shape index (κ1) is 39.0. The van der Waals surface area contributed by atoms with Crippen molar-refractivity contribution in [2.24, 2.45) is 0 Å². The molecule has 1 aliphatic carbocycles. The van der Waals surface area contributed by atoms with Gasteiger partial charge in [-0.1, -0.05) is 63.5 Å². The van der Waals surface area contributed by atoms with Crippen LogP contribution in [0, 0.1) is 45.0 Å². The normalized spacial score (nSPS) is 11.4. The van der Waals surface area contributed by atoms with Crippen LogP contribution in [0.25, 0.3) is 37.7 Å². The number of hydrogen-bond donors (Lipinski definition) is 1. The molecule has 0 amide bonds. The van der Waals surface area contributed by atoms with Gasteiger partial charge in [0.25, 0.3) is 0 Å². The van der Waals surface area contributed by atoms with E-state index in [-0.39, 0.29) is 131 Å². The van der Waals surface area contributed by atoms with Gasteiger partial charge in [-0.2, -0.15) is 5.57 Å². The van der Waals surface area contributed by atoms with Crippen LogP contribution in [-0.2, 0) is 131 Å². The van der Waals surface area contributed by atoms with E-state index in [1.54, 1.807) is 22.7 Å². The maximum absolute atomic E-state index is 3.36. The van der Waals surface area contributed by atoms with Crippen LogP contribution in [0.1, 0.15) is 34.4 Å².